The molecule has 2 aromatic rings. The second-order valence-corrected chi connectivity index (χ2v) is 5.24. The number of carbonyl (C=O) groups excluding carboxylic acids is 1. The van der Waals surface area contributed by atoms with Gasteiger partial charge in [-0.1, -0.05) is 12.1 Å². The Bertz CT molecular complexity index is 750. The van der Waals surface area contributed by atoms with E-state index in [2.05, 4.69) is 25.9 Å². The average Bonchev–Trinajstić information content (AvgIpc) is 2.70. The molecule has 0 aliphatic carbocycles. The number of rotatable bonds is 6. The van der Waals surface area contributed by atoms with E-state index in [-0.39, 0.29) is 12.5 Å². The van der Waals surface area contributed by atoms with Crippen molar-refractivity contribution in [2.24, 2.45) is 0 Å². The van der Waals surface area contributed by atoms with Crippen molar-refractivity contribution < 1.29 is 14.6 Å². The van der Waals surface area contributed by atoms with Gasteiger partial charge in [0.05, 0.1) is 36.9 Å². The summed E-state index contributed by atoms with van der Waals surface area (Å²) in [4.78, 5) is 21.2. The molecule has 1 aliphatic heterocycles. The monoisotopic (exact) mass is 329 g/mol. The fraction of sp³-hybridized carbons (Fsp3) is 0.312. The maximum absolute atomic E-state index is 12.4. The summed E-state index contributed by atoms with van der Waals surface area (Å²) in [7, 11) is 0. The van der Waals surface area contributed by atoms with E-state index in [0.29, 0.717) is 48.5 Å². The van der Waals surface area contributed by atoms with Crippen molar-refractivity contribution in [3.8, 4) is 0 Å². The van der Waals surface area contributed by atoms with Crippen LogP contribution >= 0.6 is 0 Å². The minimum absolute atomic E-state index is 0.00705. The SMILES string of the molecule is Cc1nc(NCCOCCO)nc2c1C(=O)Nc1ccccc1N2. The molecule has 0 saturated carbocycles. The summed E-state index contributed by atoms with van der Waals surface area (Å²) in [6, 6.07) is 7.44. The smallest absolute Gasteiger partial charge is 0.261 e. The third kappa shape index (κ3) is 3.44. The van der Waals surface area contributed by atoms with Crippen LogP contribution in [0.2, 0.25) is 0 Å². The fourth-order valence-corrected chi connectivity index (χ4v) is 2.43. The topological polar surface area (TPSA) is 108 Å². The van der Waals surface area contributed by atoms with Crippen LogP contribution in [0.1, 0.15) is 16.1 Å². The van der Waals surface area contributed by atoms with E-state index >= 15 is 0 Å². The van der Waals surface area contributed by atoms with Crippen molar-refractivity contribution in [3.63, 3.8) is 0 Å². The van der Waals surface area contributed by atoms with E-state index in [0.717, 1.165) is 5.69 Å². The van der Waals surface area contributed by atoms with Crippen LogP contribution in [0.5, 0.6) is 0 Å². The van der Waals surface area contributed by atoms with Crippen LogP contribution in [0.25, 0.3) is 0 Å². The highest BCUT2D eigenvalue weighted by Crippen LogP contribution is 2.31. The first kappa shape index (κ1) is 16.2. The number of aliphatic hydroxyl groups is 1. The molecule has 3 rings (SSSR count). The number of para-hydroxylation sites is 2. The molecule has 0 atom stereocenters. The number of nitrogens with zero attached hydrogens (tertiary/aromatic N) is 2. The maximum Gasteiger partial charge on any atom is 0.261 e. The van der Waals surface area contributed by atoms with Crippen molar-refractivity contribution in [1.29, 1.82) is 0 Å². The first-order valence-corrected chi connectivity index (χ1v) is 7.67. The molecule has 24 heavy (non-hydrogen) atoms. The number of aliphatic hydroxyl groups excluding tert-OH is 1. The summed E-state index contributed by atoms with van der Waals surface area (Å²) in [5.74, 6) is 0.639. The van der Waals surface area contributed by atoms with Crippen LogP contribution in [0, 0.1) is 6.92 Å². The van der Waals surface area contributed by atoms with Crippen LogP contribution < -0.4 is 16.0 Å². The molecule has 4 N–H and O–H groups in total. The molecule has 0 spiro atoms. The van der Waals surface area contributed by atoms with Gasteiger partial charge in [-0.15, -0.1) is 0 Å². The van der Waals surface area contributed by atoms with Crippen LogP contribution in [-0.4, -0.2) is 47.3 Å². The maximum atomic E-state index is 12.4. The summed E-state index contributed by atoms with van der Waals surface area (Å²) in [6.45, 7) is 2.99. The molecule has 0 unspecified atom stereocenters. The number of fused-ring (bicyclic) bond motifs is 2. The Kier molecular flexibility index (Phi) is 4.88. The van der Waals surface area contributed by atoms with Gasteiger partial charge in [0.25, 0.3) is 5.91 Å². The molecular formula is C16H19N5O3. The molecule has 0 saturated heterocycles. The van der Waals surface area contributed by atoms with Crippen LogP contribution in [0.3, 0.4) is 0 Å². The minimum atomic E-state index is -0.238. The van der Waals surface area contributed by atoms with E-state index in [1.54, 1.807) is 6.92 Å². The summed E-state index contributed by atoms with van der Waals surface area (Å²) in [5, 5.41) is 17.8. The van der Waals surface area contributed by atoms with Crippen LogP contribution in [0.15, 0.2) is 24.3 Å². The van der Waals surface area contributed by atoms with Crippen molar-refractivity contribution in [2.45, 2.75) is 6.92 Å². The molecular weight excluding hydrogens is 310 g/mol. The molecule has 2 heterocycles. The van der Waals surface area contributed by atoms with Gasteiger partial charge in [0.2, 0.25) is 5.95 Å². The molecule has 0 radical (unpaired) electrons. The molecule has 1 amide bonds. The Morgan fingerprint density at radius 2 is 1.92 bits per heavy atom. The number of aromatic nitrogens is 2. The van der Waals surface area contributed by atoms with Gasteiger partial charge in [-0.3, -0.25) is 4.79 Å². The largest absolute Gasteiger partial charge is 0.394 e. The highest BCUT2D eigenvalue weighted by atomic mass is 16.5. The summed E-state index contributed by atoms with van der Waals surface area (Å²) in [5.41, 5.74) is 2.48. The lowest BCUT2D eigenvalue weighted by Crippen LogP contribution is -2.17. The van der Waals surface area contributed by atoms with Gasteiger partial charge in [-0.25, -0.2) is 4.98 Å². The summed E-state index contributed by atoms with van der Waals surface area (Å²) in [6.07, 6.45) is 0. The van der Waals surface area contributed by atoms with Gasteiger partial charge in [0.15, 0.2) is 0 Å². The van der Waals surface area contributed by atoms with E-state index in [1.807, 2.05) is 24.3 Å². The number of ether oxygens (including phenoxy) is 1. The van der Waals surface area contributed by atoms with E-state index in [4.69, 9.17) is 9.84 Å². The number of aryl methyl sites for hydroxylation is 1. The lowest BCUT2D eigenvalue weighted by atomic mass is 10.2. The second-order valence-electron chi connectivity index (χ2n) is 5.24. The Morgan fingerprint density at radius 3 is 2.67 bits per heavy atom. The van der Waals surface area contributed by atoms with Gasteiger partial charge in [-0.2, -0.15) is 4.98 Å². The number of anilines is 4. The number of hydrogen-bond donors (Lipinski definition) is 4. The third-order valence-electron chi connectivity index (χ3n) is 3.51. The zero-order valence-corrected chi connectivity index (χ0v) is 13.3. The molecule has 8 heteroatoms. The van der Waals surface area contributed by atoms with Gasteiger partial charge >= 0.3 is 0 Å². The number of hydrogen-bond acceptors (Lipinski definition) is 7. The van der Waals surface area contributed by atoms with Gasteiger partial charge in [-0.05, 0) is 19.1 Å². The first-order chi connectivity index (χ1) is 11.7. The molecule has 1 aromatic heterocycles. The van der Waals surface area contributed by atoms with Crippen LogP contribution in [0.4, 0.5) is 23.1 Å². The Labute approximate surface area is 139 Å². The highest BCUT2D eigenvalue weighted by molar-refractivity contribution is 6.12. The zero-order chi connectivity index (χ0) is 16.9. The first-order valence-electron chi connectivity index (χ1n) is 7.67. The van der Waals surface area contributed by atoms with E-state index in [9.17, 15) is 4.79 Å². The van der Waals surface area contributed by atoms with Crippen molar-refractivity contribution >= 4 is 29.0 Å². The predicted molar refractivity (Wildman–Crippen MR) is 90.8 cm³/mol. The van der Waals surface area contributed by atoms with Crippen molar-refractivity contribution in [2.75, 3.05) is 42.3 Å². The number of benzene rings is 1. The van der Waals surface area contributed by atoms with Gasteiger partial charge in [0, 0.05) is 6.54 Å². The predicted octanol–water partition coefficient (Wildman–Crippen LogP) is 1.52. The van der Waals surface area contributed by atoms with Crippen LogP contribution in [-0.2, 0) is 4.74 Å². The zero-order valence-electron chi connectivity index (χ0n) is 13.3. The minimum Gasteiger partial charge on any atom is -0.394 e. The Hall–Kier alpha value is -2.71. The number of amides is 1. The normalized spacial score (nSPS) is 12.5. The summed E-state index contributed by atoms with van der Waals surface area (Å²) >= 11 is 0. The number of carbonyl (C=O) groups is 1. The molecule has 1 aliphatic rings. The Balaban J connectivity index is 1.82. The lowest BCUT2D eigenvalue weighted by molar-refractivity contribution is 0.0991. The van der Waals surface area contributed by atoms with Gasteiger partial charge < -0.3 is 25.8 Å². The summed E-state index contributed by atoms with van der Waals surface area (Å²) < 4.78 is 5.18. The van der Waals surface area contributed by atoms with Crippen molar-refractivity contribution in [3.05, 3.63) is 35.5 Å². The quantitative estimate of drug-likeness (QED) is 0.595. The second kappa shape index (κ2) is 7.24. The number of nitrogens with one attached hydrogen (secondary N) is 3. The standard InChI is InChI=1S/C16H19N5O3/c1-10-13-14(21-16(18-10)17-6-8-24-9-7-22)19-11-4-2-3-5-12(11)20-15(13)23/h2-5,22H,6-9H2,1H3,(H,20,23)(H2,17,18,19,21). The molecule has 126 valence electrons. The third-order valence-corrected chi connectivity index (χ3v) is 3.51. The molecule has 0 bridgehead atoms. The lowest BCUT2D eigenvalue weighted by Gasteiger charge is -2.12. The van der Waals surface area contributed by atoms with E-state index < -0.39 is 0 Å². The highest BCUT2D eigenvalue weighted by Gasteiger charge is 2.23. The fourth-order valence-electron chi connectivity index (χ4n) is 2.43. The molecule has 0 fully saturated rings. The van der Waals surface area contributed by atoms with Crippen molar-refractivity contribution in [1.82, 2.24) is 9.97 Å². The molecule has 1 aromatic carbocycles. The average molecular weight is 329 g/mol. The van der Waals surface area contributed by atoms with Gasteiger partial charge in [0.1, 0.15) is 11.4 Å². The Morgan fingerprint density at radius 1 is 1.17 bits per heavy atom. The van der Waals surface area contributed by atoms with E-state index in [1.165, 1.54) is 0 Å². The molecule has 8 nitrogen and oxygen atoms in total.